The molecule has 23 heavy (non-hydrogen) atoms. The van der Waals surface area contributed by atoms with Crippen LogP contribution in [0.1, 0.15) is 43.0 Å². The highest BCUT2D eigenvalue weighted by Gasteiger charge is 2.30. The average molecular weight is 315 g/mol. The van der Waals surface area contributed by atoms with Crippen LogP contribution in [0.15, 0.2) is 28.8 Å². The van der Waals surface area contributed by atoms with Crippen molar-refractivity contribution in [2.75, 3.05) is 20.2 Å². The van der Waals surface area contributed by atoms with E-state index in [1.807, 2.05) is 36.1 Å². The van der Waals surface area contributed by atoms with Crippen LogP contribution in [-0.4, -0.2) is 41.1 Å². The zero-order chi connectivity index (χ0) is 16.2. The lowest BCUT2D eigenvalue weighted by atomic mass is 10.1. The maximum atomic E-state index is 11.7. The third kappa shape index (κ3) is 3.52. The first-order valence-corrected chi connectivity index (χ1v) is 7.92. The minimum absolute atomic E-state index is 0.150. The number of methoxy groups -OCH3 is 1. The van der Waals surface area contributed by atoms with Crippen LogP contribution in [0.25, 0.3) is 0 Å². The molecule has 6 nitrogen and oxygen atoms in total. The summed E-state index contributed by atoms with van der Waals surface area (Å²) >= 11 is 0. The molecule has 0 saturated carbocycles. The van der Waals surface area contributed by atoms with Crippen molar-refractivity contribution in [1.82, 2.24) is 15.0 Å². The van der Waals surface area contributed by atoms with Gasteiger partial charge >= 0.3 is 0 Å². The van der Waals surface area contributed by atoms with E-state index in [1.54, 1.807) is 7.11 Å². The summed E-state index contributed by atoms with van der Waals surface area (Å²) in [6, 6.07) is 7.83. The average Bonchev–Trinajstić information content (AvgIpc) is 3.23. The first-order valence-electron chi connectivity index (χ1n) is 7.92. The third-order valence-corrected chi connectivity index (χ3v) is 4.17. The molecule has 122 valence electrons. The molecule has 1 saturated heterocycles. The van der Waals surface area contributed by atoms with Crippen molar-refractivity contribution in [1.29, 1.82) is 0 Å². The van der Waals surface area contributed by atoms with Crippen molar-refractivity contribution in [3.05, 3.63) is 41.5 Å². The molecule has 1 amide bonds. The molecule has 6 heteroatoms. The summed E-state index contributed by atoms with van der Waals surface area (Å²) in [6.45, 7) is 3.33. The first kappa shape index (κ1) is 15.5. The number of hydrogen-bond acceptors (Lipinski definition) is 5. The molecule has 0 unspecified atom stereocenters. The van der Waals surface area contributed by atoms with Gasteiger partial charge in [-0.15, -0.1) is 0 Å². The fourth-order valence-corrected chi connectivity index (χ4v) is 2.88. The van der Waals surface area contributed by atoms with E-state index >= 15 is 0 Å². The summed E-state index contributed by atoms with van der Waals surface area (Å²) in [7, 11) is 1.65. The van der Waals surface area contributed by atoms with Crippen molar-refractivity contribution in [3.63, 3.8) is 0 Å². The Hall–Kier alpha value is -2.37. The van der Waals surface area contributed by atoms with Gasteiger partial charge in [-0.25, -0.2) is 0 Å². The fourth-order valence-electron chi connectivity index (χ4n) is 2.88. The standard InChI is InChI=1S/C17H21N3O3/c1-3-16(21)20-8-7-13(11-20)17-18-15(19-23-17)10-12-5-4-6-14(9-12)22-2/h4-6,9,13H,3,7-8,10-11H2,1-2H3/t13-/m0/s1. The van der Waals surface area contributed by atoms with Gasteiger partial charge in [0.15, 0.2) is 5.82 Å². The van der Waals surface area contributed by atoms with Gasteiger partial charge in [0.2, 0.25) is 11.8 Å². The number of carbonyl (C=O) groups is 1. The van der Waals surface area contributed by atoms with Gasteiger partial charge in [-0.3, -0.25) is 4.79 Å². The van der Waals surface area contributed by atoms with Crippen molar-refractivity contribution < 1.29 is 14.1 Å². The number of amides is 1. The lowest BCUT2D eigenvalue weighted by Crippen LogP contribution is -2.27. The topological polar surface area (TPSA) is 68.5 Å². The van der Waals surface area contributed by atoms with Crippen molar-refractivity contribution in [2.24, 2.45) is 0 Å². The Balaban J connectivity index is 1.65. The molecule has 0 spiro atoms. The van der Waals surface area contributed by atoms with Gasteiger partial charge in [0.05, 0.1) is 13.0 Å². The highest BCUT2D eigenvalue weighted by Crippen LogP contribution is 2.26. The first-order chi connectivity index (χ1) is 11.2. The van der Waals surface area contributed by atoms with E-state index in [0.29, 0.717) is 31.1 Å². The fraction of sp³-hybridized carbons (Fsp3) is 0.471. The van der Waals surface area contributed by atoms with Crippen molar-refractivity contribution in [3.8, 4) is 5.75 Å². The highest BCUT2D eigenvalue weighted by molar-refractivity contribution is 5.76. The molecule has 3 rings (SSSR count). The van der Waals surface area contributed by atoms with Gasteiger partial charge in [0.1, 0.15) is 5.75 Å². The van der Waals surface area contributed by atoms with Crippen molar-refractivity contribution in [2.45, 2.75) is 32.1 Å². The summed E-state index contributed by atoms with van der Waals surface area (Å²) in [5.74, 6) is 2.44. The second-order valence-corrected chi connectivity index (χ2v) is 5.76. The van der Waals surface area contributed by atoms with E-state index in [9.17, 15) is 4.79 Å². The van der Waals surface area contributed by atoms with Crippen LogP contribution in [0.5, 0.6) is 5.75 Å². The van der Waals surface area contributed by atoms with E-state index in [0.717, 1.165) is 24.3 Å². The van der Waals surface area contributed by atoms with E-state index in [-0.39, 0.29) is 11.8 Å². The maximum absolute atomic E-state index is 11.7. The molecule has 0 N–H and O–H groups in total. The monoisotopic (exact) mass is 315 g/mol. The summed E-state index contributed by atoms with van der Waals surface area (Å²) in [5, 5.41) is 4.07. The van der Waals surface area contributed by atoms with Gasteiger partial charge in [-0.1, -0.05) is 24.2 Å². The Kier molecular flexibility index (Phi) is 4.60. The number of carbonyl (C=O) groups excluding carboxylic acids is 1. The molecule has 0 aliphatic carbocycles. The third-order valence-electron chi connectivity index (χ3n) is 4.17. The van der Waals surface area contributed by atoms with Crippen LogP contribution in [0.3, 0.4) is 0 Å². The molecule has 1 aliphatic rings. The molecule has 1 aromatic heterocycles. The molecular formula is C17H21N3O3. The van der Waals surface area contributed by atoms with Crippen LogP contribution in [0.4, 0.5) is 0 Å². The van der Waals surface area contributed by atoms with Gasteiger partial charge in [0, 0.05) is 25.9 Å². The minimum atomic E-state index is 0.150. The summed E-state index contributed by atoms with van der Waals surface area (Å²) in [5.41, 5.74) is 1.07. The second kappa shape index (κ2) is 6.81. The number of benzene rings is 1. The number of ether oxygens (including phenoxy) is 1. The van der Waals surface area contributed by atoms with Gasteiger partial charge in [-0.05, 0) is 24.1 Å². The van der Waals surface area contributed by atoms with Crippen LogP contribution in [0, 0.1) is 0 Å². The van der Waals surface area contributed by atoms with Crippen LogP contribution in [0.2, 0.25) is 0 Å². The zero-order valence-electron chi connectivity index (χ0n) is 13.5. The van der Waals surface area contributed by atoms with E-state index in [2.05, 4.69) is 10.1 Å². The molecule has 2 heterocycles. The maximum Gasteiger partial charge on any atom is 0.231 e. The zero-order valence-corrected chi connectivity index (χ0v) is 13.5. The van der Waals surface area contributed by atoms with Gasteiger partial charge in [-0.2, -0.15) is 4.98 Å². The van der Waals surface area contributed by atoms with Gasteiger partial charge in [0.25, 0.3) is 0 Å². The summed E-state index contributed by atoms with van der Waals surface area (Å²) < 4.78 is 10.6. The lowest BCUT2D eigenvalue weighted by Gasteiger charge is -2.13. The predicted molar refractivity (Wildman–Crippen MR) is 84.3 cm³/mol. The second-order valence-electron chi connectivity index (χ2n) is 5.76. The predicted octanol–water partition coefficient (Wildman–Crippen LogP) is 2.39. The minimum Gasteiger partial charge on any atom is -0.497 e. The van der Waals surface area contributed by atoms with Crippen LogP contribution >= 0.6 is 0 Å². The number of aromatic nitrogens is 2. The Morgan fingerprint density at radius 3 is 3.13 bits per heavy atom. The highest BCUT2D eigenvalue weighted by atomic mass is 16.5. The molecular weight excluding hydrogens is 294 g/mol. The molecule has 1 atom stereocenters. The van der Waals surface area contributed by atoms with E-state index in [4.69, 9.17) is 9.26 Å². The Morgan fingerprint density at radius 2 is 2.35 bits per heavy atom. The lowest BCUT2D eigenvalue weighted by molar-refractivity contribution is -0.129. The largest absolute Gasteiger partial charge is 0.497 e. The SMILES string of the molecule is CCC(=O)N1CC[C@H](c2nc(Cc3cccc(OC)c3)no2)C1. The molecule has 0 radical (unpaired) electrons. The molecule has 2 aromatic rings. The van der Waals surface area contributed by atoms with Crippen LogP contribution in [-0.2, 0) is 11.2 Å². The normalized spacial score (nSPS) is 17.5. The number of rotatable bonds is 5. The van der Waals surface area contributed by atoms with Crippen LogP contribution < -0.4 is 4.74 Å². The van der Waals surface area contributed by atoms with Gasteiger partial charge < -0.3 is 14.2 Å². The van der Waals surface area contributed by atoms with E-state index in [1.165, 1.54) is 0 Å². The van der Waals surface area contributed by atoms with Crippen molar-refractivity contribution >= 4 is 5.91 Å². The molecule has 1 aromatic carbocycles. The Bertz CT molecular complexity index is 683. The smallest absolute Gasteiger partial charge is 0.231 e. The molecule has 1 fully saturated rings. The number of likely N-dealkylation sites (tertiary alicyclic amines) is 1. The summed E-state index contributed by atoms with van der Waals surface area (Å²) in [4.78, 5) is 18.1. The van der Waals surface area contributed by atoms with E-state index < -0.39 is 0 Å². The molecule has 0 bridgehead atoms. The Labute approximate surface area is 135 Å². The summed E-state index contributed by atoms with van der Waals surface area (Å²) in [6.07, 6.45) is 2.02. The number of hydrogen-bond donors (Lipinski definition) is 0. The number of nitrogens with zero attached hydrogens (tertiary/aromatic N) is 3. The quantitative estimate of drug-likeness (QED) is 0.847. The molecule has 1 aliphatic heterocycles. The Morgan fingerprint density at radius 1 is 1.48 bits per heavy atom.